The number of ketones is 1. The third kappa shape index (κ3) is 3.17. The van der Waals surface area contributed by atoms with Crippen molar-refractivity contribution < 1.29 is 19.1 Å². The Morgan fingerprint density at radius 1 is 1.00 bits per heavy atom. The first-order valence-corrected chi connectivity index (χ1v) is 7.56. The lowest BCUT2D eigenvalue weighted by atomic mass is 9.85. The summed E-state index contributed by atoms with van der Waals surface area (Å²) in [6, 6.07) is 18.9. The largest absolute Gasteiger partial charge is 0.468 e. The van der Waals surface area contributed by atoms with Gasteiger partial charge in [0.25, 0.3) is 0 Å². The van der Waals surface area contributed by atoms with Gasteiger partial charge >= 0.3 is 5.97 Å². The topological polar surface area (TPSA) is 52.6 Å². The van der Waals surface area contributed by atoms with Crippen LogP contribution in [0.2, 0.25) is 0 Å². The normalized spacial score (nSPS) is 24.2. The van der Waals surface area contributed by atoms with Crippen LogP contribution in [-0.2, 0) is 19.1 Å². The van der Waals surface area contributed by atoms with Crippen molar-refractivity contribution in [1.82, 2.24) is 0 Å². The molecule has 0 bridgehead atoms. The van der Waals surface area contributed by atoms with E-state index >= 15 is 0 Å². The molecule has 1 aliphatic rings. The van der Waals surface area contributed by atoms with Gasteiger partial charge in [0, 0.05) is 6.42 Å². The van der Waals surface area contributed by atoms with Gasteiger partial charge in [-0.2, -0.15) is 0 Å². The van der Waals surface area contributed by atoms with E-state index in [2.05, 4.69) is 0 Å². The van der Waals surface area contributed by atoms with E-state index in [1.807, 2.05) is 60.7 Å². The second kappa shape index (κ2) is 6.75. The highest BCUT2D eigenvalue weighted by Gasteiger charge is 2.43. The summed E-state index contributed by atoms with van der Waals surface area (Å²) in [4.78, 5) is 24.7. The standard InChI is InChI=1S/C19H18O4/c1-22-19(21)17-15(20)12-16(13-8-4-2-5-9-13)23-18(17)14-10-6-3-7-11-14/h2-11,16-18H,12H2,1H3/t16-,17+,18-/m0/s1. The van der Waals surface area contributed by atoms with Crippen molar-refractivity contribution in [3.05, 3.63) is 71.8 Å². The molecule has 0 aromatic heterocycles. The van der Waals surface area contributed by atoms with Crippen LogP contribution in [0.25, 0.3) is 0 Å². The highest BCUT2D eigenvalue weighted by atomic mass is 16.5. The summed E-state index contributed by atoms with van der Waals surface area (Å²) in [5, 5.41) is 0. The number of rotatable bonds is 3. The molecule has 0 aliphatic carbocycles. The number of ether oxygens (including phenoxy) is 2. The summed E-state index contributed by atoms with van der Waals surface area (Å²) in [7, 11) is 1.29. The van der Waals surface area contributed by atoms with Gasteiger partial charge in [-0.05, 0) is 11.1 Å². The molecule has 1 aliphatic heterocycles. The summed E-state index contributed by atoms with van der Waals surface area (Å²) < 4.78 is 11.0. The zero-order valence-electron chi connectivity index (χ0n) is 12.8. The fourth-order valence-electron chi connectivity index (χ4n) is 2.94. The quantitative estimate of drug-likeness (QED) is 0.645. The van der Waals surface area contributed by atoms with Crippen LogP contribution in [0.15, 0.2) is 60.7 Å². The number of carbonyl (C=O) groups excluding carboxylic acids is 2. The first-order valence-electron chi connectivity index (χ1n) is 7.56. The number of hydrogen-bond donors (Lipinski definition) is 0. The van der Waals surface area contributed by atoms with Gasteiger partial charge in [-0.1, -0.05) is 60.7 Å². The van der Waals surface area contributed by atoms with Gasteiger partial charge in [0.05, 0.1) is 13.2 Å². The van der Waals surface area contributed by atoms with Crippen LogP contribution in [0.4, 0.5) is 0 Å². The summed E-state index contributed by atoms with van der Waals surface area (Å²) in [6.07, 6.45) is -0.808. The molecule has 4 nitrogen and oxygen atoms in total. The third-order valence-electron chi connectivity index (χ3n) is 4.10. The monoisotopic (exact) mass is 310 g/mol. The van der Waals surface area contributed by atoms with Crippen molar-refractivity contribution in [1.29, 1.82) is 0 Å². The Kier molecular flexibility index (Phi) is 4.53. The molecule has 0 radical (unpaired) electrons. The predicted molar refractivity (Wildman–Crippen MR) is 84.6 cm³/mol. The molecule has 0 amide bonds. The molecule has 3 atom stereocenters. The molecule has 118 valence electrons. The average molecular weight is 310 g/mol. The zero-order valence-corrected chi connectivity index (χ0v) is 12.8. The van der Waals surface area contributed by atoms with Crippen LogP contribution < -0.4 is 0 Å². The SMILES string of the molecule is COC(=O)[C@@H]1C(=O)C[C@@H](c2ccccc2)O[C@H]1c1ccccc1. The molecule has 0 unspecified atom stereocenters. The molecule has 2 aromatic carbocycles. The molecule has 1 saturated heterocycles. The van der Waals surface area contributed by atoms with Crippen molar-refractivity contribution in [2.45, 2.75) is 18.6 Å². The number of carbonyl (C=O) groups is 2. The van der Waals surface area contributed by atoms with E-state index in [-0.39, 0.29) is 18.3 Å². The summed E-state index contributed by atoms with van der Waals surface area (Å²) in [5.74, 6) is -1.61. The molecular weight excluding hydrogens is 292 g/mol. The van der Waals surface area contributed by atoms with Gasteiger partial charge in [-0.25, -0.2) is 0 Å². The van der Waals surface area contributed by atoms with E-state index in [1.54, 1.807) is 0 Å². The van der Waals surface area contributed by atoms with Gasteiger partial charge in [0.15, 0.2) is 5.78 Å². The minimum absolute atomic E-state index is 0.147. The Hall–Kier alpha value is -2.46. The number of hydrogen-bond acceptors (Lipinski definition) is 4. The van der Waals surface area contributed by atoms with Crippen molar-refractivity contribution in [2.75, 3.05) is 7.11 Å². The number of Topliss-reactive ketones (excluding diaryl/α,β-unsaturated/α-hetero) is 1. The molecular formula is C19H18O4. The van der Waals surface area contributed by atoms with E-state index in [9.17, 15) is 9.59 Å². The Morgan fingerprint density at radius 2 is 1.57 bits per heavy atom. The van der Waals surface area contributed by atoms with Gasteiger partial charge in [-0.15, -0.1) is 0 Å². The Morgan fingerprint density at radius 3 is 2.13 bits per heavy atom. The Labute approximate surface area is 135 Å². The summed E-state index contributed by atoms with van der Waals surface area (Å²) in [6.45, 7) is 0. The van der Waals surface area contributed by atoms with Gasteiger partial charge in [-0.3, -0.25) is 9.59 Å². The molecule has 0 N–H and O–H groups in total. The Bertz CT molecular complexity index is 681. The molecule has 1 heterocycles. The van der Waals surface area contributed by atoms with Crippen molar-refractivity contribution in [3.63, 3.8) is 0 Å². The van der Waals surface area contributed by atoms with E-state index in [1.165, 1.54) is 7.11 Å². The van der Waals surface area contributed by atoms with Crippen molar-refractivity contribution in [3.8, 4) is 0 Å². The summed E-state index contributed by atoms with van der Waals surface area (Å²) in [5.41, 5.74) is 1.74. The number of esters is 1. The maximum atomic E-state index is 12.6. The van der Waals surface area contributed by atoms with Crippen LogP contribution in [0.1, 0.15) is 29.8 Å². The fourth-order valence-corrected chi connectivity index (χ4v) is 2.94. The average Bonchev–Trinajstić information content (AvgIpc) is 2.62. The Balaban J connectivity index is 1.95. The maximum Gasteiger partial charge on any atom is 0.319 e. The lowest BCUT2D eigenvalue weighted by Crippen LogP contribution is -2.38. The van der Waals surface area contributed by atoms with Gasteiger partial charge in [0.1, 0.15) is 12.0 Å². The van der Waals surface area contributed by atoms with Crippen LogP contribution in [0.3, 0.4) is 0 Å². The van der Waals surface area contributed by atoms with Gasteiger partial charge in [0.2, 0.25) is 0 Å². The van der Waals surface area contributed by atoms with Crippen LogP contribution >= 0.6 is 0 Å². The highest BCUT2D eigenvalue weighted by Crippen LogP contribution is 2.40. The molecule has 2 aromatic rings. The first-order chi connectivity index (χ1) is 11.2. The van der Waals surface area contributed by atoms with E-state index in [4.69, 9.17) is 9.47 Å². The number of methoxy groups -OCH3 is 1. The fraction of sp³-hybridized carbons (Fsp3) is 0.263. The van der Waals surface area contributed by atoms with Crippen LogP contribution in [0.5, 0.6) is 0 Å². The van der Waals surface area contributed by atoms with Gasteiger partial charge < -0.3 is 9.47 Å². The molecule has 3 rings (SSSR count). The molecule has 0 saturated carbocycles. The molecule has 0 spiro atoms. The van der Waals surface area contributed by atoms with Crippen LogP contribution in [-0.4, -0.2) is 18.9 Å². The highest BCUT2D eigenvalue weighted by molar-refractivity contribution is 6.00. The maximum absolute atomic E-state index is 12.6. The number of benzene rings is 2. The predicted octanol–water partition coefficient (Wildman–Crippen LogP) is 3.25. The van der Waals surface area contributed by atoms with E-state index < -0.39 is 18.0 Å². The third-order valence-corrected chi connectivity index (χ3v) is 4.10. The second-order valence-electron chi connectivity index (χ2n) is 5.54. The second-order valence-corrected chi connectivity index (χ2v) is 5.54. The first kappa shape index (κ1) is 15.4. The molecule has 23 heavy (non-hydrogen) atoms. The van der Waals surface area contributed by atoms with Crippen molar-refractivity contribution >= 4 is 11.8 Å². The lowest BCUT2D eigenvalue weighted by Gasteiger charge is -2.34. The van der Waals surface area contributed by atoms with E-state index in [0.717, 1.165) is 11.1 Å². The van der Waals surface area contributed by atoms with Crippen LogP contribution in [0, 0.1) is 5.92 Å². The summed E-state index contributed by atoms with van der Waals surface area (Å²) >= 11 is 0. The van der Waals surface area contributed by atoms with Crippen molar-refractivity contribution in [2.24, 2.45) is 5.92 Å². The minimum Gasteiger partial charge on any atom is -0.468 e. The van der Waals surface area contributed by atoms with E-state index in [0.29, 0.717) is 0 Å². The smallest absolute Gasteiger partial charge is 0.319 e. The molecule has 1 fully saturated rings. The lowest BCUT2D eigenvalue weighted by molar-refractivity contribution is -0.168. The minimum atomic E-state index is -0.914. The zero-order chi connectivity index (χ0) is 16.2. The molecule has 4 heteroatoms.